The van der Waals surface area contributed by atoms with E-state index in [4.69, 9.17) is 11.6 Å². The summed E-state index contributed by atoms with van der Waals surface area (Å²) in [6, 6.07) is 0. The first kappa shape index (κ1) is 19.7. The van der Waals surface area contributed by atoms with Crippen molar-refractivity contribution in [3.05, 3.63) is 12.2 Å². The number of allylic oxidation sites excluding steroid dienone is 2. The average molecular weight is 301 g/mol. The van der Waals surface area contributed by atoms with Gasteiger partial charge in [-0.05, 0) is 32.1 Å². The number of carbonyl (C=O) groups is 1. The highest BCUT2D eigenvalue weighted by atomic mass is 35.5. The van der Waals surface area contributed by atoms with Gasteiger partial charge in [-0.1, -0.05) is 64.0 Å². The Morgan fingerprint density at radius 1 is 0.800 bits per heavy atom. The molecule has 0 aromatic carbocycles. The minimum Gasteiger partial charge on any atom is -0.298 e. The Balaban J connectivity index is 3.10. The molecule has 0 aromatic heterocycles. The summed E-state index contributed by atoms with van der Waals surface area (Å²) in [5, 5.41) is 0. The Morgan fingerprint density at radius 2 is 1.30 bits per heavy atom. The molecule has 20 heavy (non-hydrogen) atoms. The molecule has 0 fully saturated rings. The van der Waals surface area contributed by atoms with Gasteiger partial charge in [0.05, 0.1) is 5.88 Å². The summed E-state index contributed by atoms with van der Waals surface area (Å²) >= 11 is 5.45. The molecule has 0 rings (SSSR count). The molecule has 1 nitrogen and oxygen atoms in total. The lowest BCUT2D eigenvalue weighted by Crippen LogP contribution is -1.97. The number of halogens is 1. The van der Waals surface area contributed by atoms with Crippen LogP contribution in [0.15, 0.2) is 12.2 Å². The molecular weight excluding hydrogens is 268 g/mol. The van der Waals surface area contributed by atoms with E-state index in [1.807, 2.05) is 0 Å². The first-order valence-corrected chi connectivity index (χ1v) is 9.07. The van der Waals surface area contributed by atoms with Crippen LogP contribution in [-0.2, 0) is 4.79 Å². The summed E-state index contributed by atoms with van der Waals surface area (Å²) in [5.41, 5.74) is 0. The predicted molar refractivity (Wildman–Crippen MR) is 90.6 cm³/mol. The van der Waals surface area contributed by atoms with Gasteiger partial charge in [-0.25, -0.2) is 0 Å². The minimum atomic E-state index is 0.182. The number of alkyl halides is 1. The predicted octanol–water partition coefficient (Wildman–Crippen LogP) is 6.44. The second-order valence-electron chi connectivity index (χ2n) is 5.65. The molecule has 0 N–H and O–H groups in total. The fourth-order valence-corrected chi connectivity index (χ4v) is 2.42. The van der Waals surface area contributed by atoms with Crippen LogP contribution in [0.2, 0.25) is 0 Å². The van der Waals surface area contributed by atoms with Gasteiger partial charge in [0.1, 0.15) is 5.78 Å². The number of hydrogen-bond acceptors (Lipinski definition) is 1. The molecule has 0 aliphatic heterocycles. The number of hydrogen-bond donors (Lipinski definition) is 0. The maximum atomic E-state index is 11.0. The van der Waals surface area contributed by atoms with Crippen LogP contribution in [0.25, 0.3) is 0 Å². The van der Waals surface area contributed by atoms with Gasteiger partial charge >= 0.3 is 0 Å². The normalized spacial score (nSPS) is 11.3. The summed E-state index contributed by atoms with van der Waals surface area (Å²) in [5.74, 6) is 0.367. The van der Waals surface area contributed by atoms with Gasteiger partial charge in [-0.2, -0.15) is 0 Å². The highest BCUT2D eigenvalue weighted by Gasteiger charge is 1.98. The molecule has 0 amide bonds. The van der Waals surface area contributed by atoms with Crippen LogP contribution in [0.5, 0.6) is 0 Å². The van der Waals surface area contributed by atoms with Crippen molar-refractivity contribution < 1.29 is 4.79 Å². The average Bonchev–Trinajstić information content (AvgIpc) is 2.47. The lowest BCUT2D eigenvalue weighted by molar-refractivity contribution is -0.116. The summed E-state index contributed by atoms with van der Waals surface area (Å²) in [6.45, 7) is 2.26. The van der Waals surface area contributed by atoms with E-state index in [2.05, 4.69) is 19.1 Å². The quantitative estimate of drug-likeness (QED) is 0.193. The molecule has 0 aliphatic carbocycles. The van der Waals surface area contributed by atoms with Gasteiger partial charge in [0.2, 0.25) is 0 Å². The highest BCUT2D eigenvalue weighted by Crippen LogP contribution is 2.09. The Hall–Kier alpha value is -0.300. The second-order valence-corrected chi connectivity index (χ2v) is 5.92. The summed E-state index contributed by atoms with van der Waals surface area (Å²) in [6.07, 6.45) is 20.7. The first-order chi connectivity index (χ1) is 9.81. The molecule has 118 valence electrons. The van der Waals surface area contributed by atoms with Gasteiger partial charge in [0.25, 0.3) is 0 Å². The SMILES string of the molecule is CCCCCCCCC=CCCCCCCC(=O)CCl. The van der Waals surface area contributed by atoms with Crippen LogP contribution >= 0.6 is 11.6 Å². The maximum absolute atomic E-state index is 11.0. The Labute approximate surface area is 131 Å². The number of Topliss-reactive ketones (excluding diaryl/α,β-unsaturated/α-hetero) is 1. The molecule has 2 heteroatoms. The summed E-state index contributed by atoms with van der Waals surface area (Å²) < 4.78 is 0. The van der Waals surface area contributed by atoms with Crippen molar-refractivity contribution in [2.45, 2.75) is 90.4 Å². The molecule has 0 spiro atoms. The van der Waals surface area contributed by atoms with E-state index < -0.39 is 0 Å². The van der Waals surface area contributed by atoms with E-state index in [1.165, 1.54) is 64.2 Å². The maximum Gasteiger partial charge on any atom is 0.147 e. The lowest BCUT2D eigenvalue weighted by Gasteiger charge is -1.99. The van der Waals surface area contributed by atoms with Crippen molar-refractivity contribution in [1.29, 1.82) is 0 Å². The number of rotatable bonds is 15. The molecule has 0 radical (unpaired) electrons. The Kier molecular flexibility index (Phi) is 16.5. The molecule has 0 aromatic rings. The molecule has 0 heterocycles. The van der Waals surface area contributed by atoms with Crippen molar-refractivity contribution in [3.8, 4) is 0 Å². The highest BCUT2D eigenvalue weighted by molar-refractivity contribution is 6.27. The number of unbranched alkanes of at least 4 members (excludes halogenated alkanes) is 10. The van der Waals surface area contributed by atoms with E-state index in [-0.39, 0.29) is 11.7 Å². The van der Waals surface area contributed by atoms with Gasteiger partial charge in [0, 0.05) is 6.42 Å². The van der Waals surface area contributed by atoms with Crippen LogP contribution in [0.1, 0.15) is 90.4 Å². The van der Waals surface area contributed by atoms with E-state index in [9.17, 15) is 4.79 Å². The lowest BCUT2D eigenvalue weighted by atomic mass is 10.1. The third kappa shape index (κ3) is 15.8. The van der Waals surface area contributed by atoms with Crippen molar-refractivity contribution >= 4 is 17.4 Å². The van der Waals surface area contributed by atoms with Crippen molar-refractivity contribution in [1.82, 2.24) is 0 Å². The molecule has 0 saturated carbocycles. The third-order valence-corrected chi connectivity index (χ3v) is 3.91. The van der Waals surface area contributed by atoms with Crippen molar-refractivity contribution in [3.63, 3.8) is 0 Å². The summed E-state index contributed by atoms with van der Waals surface area (Å²) in [4.78, 5) is 11.0. The van der Waals surface area contributed by atoms with Crippen molar-refractivity contribution in [2.24, 2.45) is 0 Å². The van der Waals surface area contributed by atoms with Crippen LogP contribution in [0.4, 0.5) is 0 Å². The van der Waals surface area contributed by atoms with Gasteiger partial charge in [-0.3, -0.25) is 4.79 Å². The molecule has 0 atom stereocenters. The van der Waals surface area contributed by atoms with Gasteiger partial charge < -0.3 is 0 Å². The largest absolute Gasteiger partial charge is 0.298 e. The zero-order valence-corrected chi connectivity index (χ0v) is 14.1. The van der Waals surface area contributed by atoms with Crippen molar-refractivity contribution in [2.75, 3.05) is 5.88 Å². The van der Waals surface area contributed by atoms with E-state index in [1.54, 1.807) is 0 Å². The zero-order chi connectivity index (χ0) is 14.9. The third-order valence-electron chi connectivity index (χ3n) is 3.62. The smallest absolute Gasteiger partial charge is 0.147 e. The fraction of sp³-hybridized carbons (Fsp3) is 0.833. The number of ketones is 1. The van der Waals surface area contributed by atoms with Crippen LogP contribution < -0.4 is 0 Å². The van der Waals surface area contributed by atoms with Crippen LogP contribution in [0, 0.1) is 0 Å². The second kappa shape index (κ2) is 16.8. The number of carbonyl (C=O) groups excluding carboxylic acids is 1. The van der Waals surface area contributed by atoms with Crippen LogP contribution in [0.3, 0.4) is 0 Å². The Morgan fingerprint density at radius 3 is 1.85 bits per heavy atom. The van der Waals surface area contributed by atoms with E-state index in [0.717, 1.165) is 12.8 Å². The Bertz CT molecular complexity index is 236. The molecule has 0 saturated heterocycles. The molecule has 0 unspecified atom stereocenters. The first-order valence-electron chi connectivity index (χ1n) is 8.54. The van der Waals surface area contributed by atoms with E-state index >= 15 is 0 Å². The summed E-state index contributed by atoms with van der Waals surface area (Å²) in [7, 11) is 0. The molecule has 0 aliphatic rings. The monoisotopic (exact) mass is 300 g/mol. The standard InChI is InChI=1S/C18H33ClO/c1-2-3-4-5-6-7-8-9-10-11-12-13-14-15-16-18(20)17-19/h9-10H,2-8,11-17H2,1H3. The van der Waals surface area contributed by atoms with E-state index in [0.29, 0.717) is 6.42 Å². The topological polar surface area (TPSA) is 17.1 Å². The molecular formula is C18H33ClO. The zero-order valence-electron chi connectivity index (χ0n) is 13.3. The fourth-order valence-electron chi connectivity index (χ4n) is 2.28. The minimum absolute atomic E-state index is 0.182. The molecule has 0 bridgehead atoms. The van der Waals surface area contributed by atoms with Crippen LogP contribution in [-0.4, -0.2) is 11.7 Å². The van der Waals surface area contributed by atoms with Gasteiger partial charge in [0.15, 0.2) is 0 Å². The van der Waals surface area contributed by atoms with Gasteiger partial charge in [-0.15, -0.1) is 11.6 Å².